The van der Waals surface area contributed by atoms with Crippen LogP contribution in [0.25, 0.3) is 0 Å². The van der Waals surface area contributed by atoms with E-state index in [0.29, 0.717) is 5.92 Å². The van der Waals surface area contributed by atoms with Crippen molar-refractivity contribution in [1.82, 2.24) is 5.32 Å². The zero-order valence-corrected chi connectivity index (χ0v) is 9.61. The minimum absolute atomic E-state index is 0. The lowest BCUT2D eigenvalue weighted by molar-refractivity contribution is -0.143. The van der Waals surface area contributed by atoms with Crippen LogP contribution < -0.4 is 5.32 Å². The molecule has 0 aliphatic rings. The van der Waals surface area contributed by atoms with Crippen molar-refractivity contribution in [3.05, 3.63) is 0 Å². The topological polar surface area (TPSA) is 38.3 Å². The van der Waals surface area contributed by atoms with Gasteiger partial charge in [0.1, 0.15) is 6.04 Å². The number of halogens is 1. The van der Waals surface area contributed by atoms with Gasteiger partial charge in [0.2, 0.25) is 0 Å². The molecule has 0 saturated carbocycles. The SMILES string of the molecule is CNC(CCC(C)C)C(=O)OC.Cl. The number of ether oxygens (including phenoxy) is 1. The van der Waals surface area contributed by atoms with E-state index in [2.05, 4.69) is 23.9 Å². The maximum Gasteiger partial charge on any atom is 0.322 e. The predicted octanol–water partition coefficient (Wildman–Crippen LogP) is 1.61. The van der Waals surface area contributed by atoms with Crippen LogP contribution in [0.15, 0.2) is 0 Å². The molecule has 0 bridgehead atoms. The van der Waals surface area contributed by atoms with Crippen molar-refractivity contribution in [3.63, 3.8) is 0 Å². The largest absolute Gasteiger partial charge is 0.468 e. The highest BCUT2D eigenvalue weighted by Crippen LogP contribution is 2.07. The highest BCUT2D eigenvalue weighted by Gasteiger charge is 2.16. The molecule has 1 atom stereocenters. The van der Waals surface area contributed by atoms with Gasteiger partial charge < -0.3 is 10.1 Å². The van der Waals surface area contributed by atoms with Gasteiger partial charge in [-0.3, -0.25) is 4.79 Å². The molecule has 0 radical (unpaired) electrons. The van der Waals surface area contributed by atoms with Crippen molar-refractivity contribution >= 4 is 18.4 Å². The summed E-state index contributed by atoms with van der Waals surface area (Å²) in [7, 11) is 3.20. The van der Waals surface area contributed by atoms with Gasteiger partial charge in [-0.05, 0) is 25.8 Å². The average molecular weight is 210 g/mol. The molecule has 80 valence electrons. The summed E-state index contributed by atoms with van der Waals surface area (Å²) in [5.41, 5.74) is 0. The van der Waals surface area contributed by atoms with Crippen molar-refractivity contribution in [1.29, 1.82) is 0 Å². The molecule has 13 heavy (non-hydrogen) atoms. The van der Waals surface area contributed by atoms with Crippen molar-refractivity contribution in [2.24, 2.45) is 5.92 Å². The molecule has 0 heterocycles. The van der Waals surface area contributed by atoms with Gasteiger partial charge in [-0.25, -0.2) is 0 Å². The molecule has 0 fully saturated rings. The quantitative estimate of drug-likeness (QED) is 0.700. The summed E-state index contributed by atoms with van der Waals surface area (Å²) in [4.78, 5) is 11.1. The number of hydrogen-bond acceptors (Lipinski definition) is 3. The van der Waals surface area contributed by atoms with Crippen molar-refractivity contribution in [2.45, 2.75) is 32.7 Å². The second-order valence-corrected chi connectivity index (χ2v) is 3.34. The first-order valence-electron chi connectivity index (χ1n) is 4.37. The van der Waals surface area contributed by atoms with Crippen LogP contribution in [-0.2, 0) is 9.53 Å². The molecule has 0 aliphatic heterocycles. The van der Waals surface area contributed by atoms with Crippen LogP contribution in [0, 0.1) is 5.92 Å². The van der Waals surface area contributed by atoms with Crippen LogP contribution in [0.3, 0.4) is 0 Å². The van der Waals surface area contributed by atoms with E-state index >= 15 is 0 Å². The third kappa shape index (κ3) is 6.84. The van der Waals surface area contributed by atoms with E-state index in [1.165, 1.54) is 7.11 Å². The molecule has 0 aliphatic carbocycles. The maximum absolute atomic E-state index is 11.1. The molecule has 4 heteroatoms. The Morgan fingerprint density at radius 1 is 1.38 bits per heavy atom. The summed E-state index contributed by atoms with van der Waals surface area (Å²) in [6, 6.07) is -0.141. The molecule has 0 spiro atoms. The normalized spacial score (nSPS) is 12.1. The van der Waals surface area contributed by atoms with Crippen LogP contribution in [0.1, 0.15) is 26.7 Å². The summed E-state index contributed by atoms with van der Waals surface area (Å²) in [6.45, 7) is 4.29. The Morgan fingerprint density at radius 3 is 2.23 bits per heavy atom. The average Bonchev–Trinajstić information content (AvgIpc) is 2.04. The van der Waals surface area contributed by atoms with Gasteiger partial charge in [0.25, 0.3) is 0 Å². The number of methoxy groups -OCH3 is 1. The molecule has 1 unspecified atom stereocenters. The molecule has 3 nitrogen and oxygen atoms in total. The molecule has 0 saturated heterocycles. The van der Waals surface area contributed by atoms with E-state index in [1.807, 2.05) is 0 Å². The molecular weight excluding hydrogens is 190 g/mol. The highest BCUT2D eigenvalue weighted by molar-refractivity contribution is 5.85. The lowest BCUT2D eigenvalue weighted by Gasteiger charge is -2.14. The van der Waals surface area contributed by atoms with Gasteiger partial charge in [-0.2, -0.15) is 0 Å². The lowest BCUT2D eigenvalue weighted by Crippen LogP contribution is -2.35. The Kier molecular flexibility index (Phi) is 9.74. The number of rotatable bonds is 5. The fraction of sp³-hybridized carbons (Fsp3) is 0.889. The molecule has 1 N–H and O–H groups in total. The molecule has 0 rings (SSSR count). The number of carbonyl (C=O) groups is 1. The van der Waals surface area contributed by atoms with Crippen molar-refractivity contribution in [2.75, 3.05) is 14.2 Å². The summed E-state index contributed by atoms with van der Waals surface area (Å²) >= 11 is 0. The number of carbonyl (C=O) groups excluding carboxylic acids is 1. The summed E-state index contributed by atoms with van der Waals surface area (Å²) < 4.78 is 4.63. The van der Waals surface area contributed by atoms with Crippen molar-refractivity contribution in [3.8, 4) is 0 Å². The number of hydrogen-bond donors (Lipinski definition) is 1. The number of likely N-dealkylation sites (N-methyl/N-ethyl adjacent to an activating group) is 1. The van der Waals surface area contributed by atoms with Gasteiger partial charge in [0, 0.05) is 0 Å². The molecule has 0 aromatic rings. The minimum Gasteiger partial charge on any atom is -0.468 e. The summed E-state index contributed by atoms with van der Waals surface area (Å²) in [5, 5.41) is 2.93. The summed E-state index contributed by atoms with van der Waals surface area (Å²) in [6.07, 6.45) is 1.89. The van der Waals surface area contributed by atoms with E-state index in [1.54, 1.807) is 7.05 Å². The Balaban J connectivity index is 0. The Bertz CT molecular complexity index is 140. The maximum atomic E-state index is 11.1. The lowest BCUT2D eigenvalue weighted by atomic mass is 10.0. The first kappa shape index (κ1) is 15.2. The molecule has 0 aromatic heterocycles. The first-order chi connectivity index (χ1) is 5.61. The number of nitrogens with one attached hydrogen (secondary N) is 1. The monoisotopic (exact) mass is 209 g/mol. The van der Waals surface area contributed by atoms with Gasteiger partial charge in [-0.1, -0.05) is 13.8 Å². The highest BCUT2D eigenvalue weighted by atomic mass is 35.5. The predicted molar refractivity (Wildman–Crippen MR) is 56.2 cm³/mol. The van der Waals surface area contributed by atoms with E-state index in [0.717, 1.165) is 12.8 Å². The van der Waals surface area contributed by atoms with Crippen LogP contribution >= 0.6 is 12.4 Å². The van der Waals surface area contributed by atoms with Crippen LogP contribution in [0.2, 0.25) is 0 Å². The van der Waals surface area contributed by atoms with E-state index in [-0.39, 0.29) is 24.4 Å². The molecular formula is C9H20ClNO2. The Hall–Kier alpha value is -0.280. The summed E-state index contributed by atoms with van der Waals surface area (Å²) in [5.74, 6) is 0.462. The third-order valence-corrected chi connectivity index (χ3v) is 1.87. The minimum atomic E-state index is -0.168. The van der Waals surface area contributed by atoms with Gasteiger partial charge in [0.05, 0.1) is 7.11 Å². The Labute approximate surface area is 86.6 Å². The van der Waals surface area contributed by atoms with Gasteiger partial charge in [0.15, 0.2) is 0 Å². The van der Waals surface area contributed by atoms with Crippen LogP contribution in [0.4, 0.5) is 0 Å². The second-order valence-electron chi connectivity index (χ2n) is 3.34. The second kappa shape index (κ2) is 8.32. The zero-order chi connectivity index (χ0) is 9.56. The van der Waals surface area contributed by atoms with Gasteiger partial charge in [-0.15, -0.1) is 12.4 Å². The van der Waals surface area contributed by atoms with Crippen LogP contribution in [0.5, 0.6) is 0 Å². The molecule has 0 amide bonds. The van der Waals surface area contributed by atoms with Crippen LogP contribution in [-0.4, -0.2) is 26.2 Å². The third-order valence-electron chi connectivity index (χ3n) is 1.87. The first-order valence-corrected chi connectivity index (χ1v) is 4.37. The van der Waals surface area contributed by atoms with Gasteiger partial charge >= 0.3 is 5.97 Å². The Morgan fingerprint density at radius 2 is 1.92 bits per heavy atom. The van der Waals surface area contributed by atoms with E-state index in [4.69, 9.17) is 0 Å². The standard InChI is InChI=1S/C9H19NO2.ClH/c1-7(2)5-6-8(10-3)9(11)12-4;/h7-8,10H,5-6H2,1-4H3;1H. The smallest absolute Gasteiger partial charge is 0.322 e. The van der Waals surface area contributed by atoms with E-state index in [9.17, 15) is 4.79 Å². The zero-order valence-electron chi connectivity index (χ0n) is 8.79. The fourth-order valence-electron chi connectivity index (χ4n) is 1.02. The van der Waals surface area contributed by atoms with E-state index < -0.39 is 0 Å². The van der Waals surface area contributed by atoms with Crippen molar-refractivity contribution < 1.29 is 9.53 Å². The fourth-order valence-corrected chi connectivity index (χ4v) is 1.02. The molecule has 0 aromatic carbocycles. The number of esters is 1.